The molecule has 0 atom stereocenters. The summed E-state index contributed by atoms with van der Waals surface area (Å²) in [5.41, 5.74) is 1.42. The van der Waals surface area contributed by atoms with Gasteiger partial charge in [0, 0.05) is 36.4 Å². The van der Waals surface area contributed by atoms with E-state index in [1.165, 1.54) is 16.4 Å². The molecule has 1 aromatic heterocycles. The largest absolute Gasteiger partial charge is 0.345 e. The number of aromatic nitrogens is 1. The Morgan fingerprint density at radius 2 is 1.79 bits per heavy atom. The molecule has 8 heteroatoms. The highest BCUT2D eigenvalue weighted by molar-refractivity contribution is 7.89. The maximum Gasteiger partial charge on any atom is 0.243 e. The van der Waals surface area contributed by atoms with Gasteiger partial charge in [-0.2, -0.15) is 4.31 Å². The molecule has 0 unspecified atom stereocenters. The van der Waals surface area contributed by atoms with Crippen LogP contribution in [0.25, 0.3) is 0 Å². The summed E-state index contributed by atoms with van der Waals surface area (Å²) in [5, 5.41) is 0.629. The van der Waals surface area contributed by atoms with Crippen molar-refractivity contribution in [2.45, 2.75) is 31.2 Å². The number of ketones is 1. The molecule has 2 heterocycles. The van der Waals surface area contributed by atoms with Crippen molar-refractivity contribution in [2.75, 3.05) is 24.5 Å². The lowest BCUT2D eigenvalue weighted by molar-refractivity contribution is 0.0998. The third-order valence-electron chi connectivity index (χ3n) is 6.13. The fraction of sp³-hybridized carbons (Fsp3) is 0.308. The molecule has 3 aromatic rings. The van der Waals surface area contributed by atoms with E-state index in [4.69, 9.17) is 11.6 Å². The molecule has 1 fully saturated rings. The molecule has 0 amide bonds. The van der Waals surface area contributed by atoms with Crippen LogP contribution in [0.2, 0.25) is 5.02 Å². The van der Waals surface area contributed by atoms with E-state index in [1.807, 2.05) is 41.3 Å². The van der Waals surface area contributed by atoms with Crippen molar-refractivity contribution < 1.29 is 13.2 Å². The number of halogens is 1. The summed E-state index contributed by atoms with van der Waals surface area (Å²) in [6.45, 7) is 3.77. The number of rotatable bonds is 8. The van der Waals surface area contributed by atoms with E-state index in [2.05, 4.69) is 11.9 Å². The van der Waals surface area contributed by atoms with Gasteiger partial charge in [0.15, 0.2) is 5.78 Å². The SMILES string of the molecule is CC1CCN(S(=O)(=O)c2ccc(C(=O)CN(Cc3cccc(Cl)c3)c3ccccn3)cc2)CC1. The van der Waals surface area contributed by atoms with Gasteiger partial charge in [0.1, 0.15) is 5.82 Å². The summed E-state index contributed by atoms with van der Waals surface area (Å²) in [5.74, 6) is 1.10. The number of hydrogen-bond donors (Lipinski definition) is 0. The molecule has 1 saturated heterocycles. The fourth-order valence-electron chi connectivity index (χ4n) is 4.07. The van der Waals surface area contributed by atoms with Crippen LogP contribution < -0.4 is 4.90 Å². The summed E-state index contributed by atoms with van der Waals surface area (Å²) in [6, 6.07) is 19.3. The van der Waals surface area contributed by atoms with Crippen molar-refractivity contribution in [1.82, 2.24) is 9.29 Å². The second-order valence-corrected chi connectivity index (χ2v) is 11.1. The van der Waals surface area contributed by atoms with Gasteiger partial charge in [-0.15, -0.1) is 0 Å². The summed E-state index contributed by atoms with van der Waals surface area (Å²) in [4.78, 5) is 19.6. The monoisotopic (exact) mass is 497 g/mol. The Labute approximate surface area is 206 Å². The second kappa shape index (κ2) is 10.7. The van der Waals surface area contributed by atoms with Crippen molar-refractivity contribution in [3.05, 3.63) is 89.1 Å². The number of Topliss-reactive ketones (excluding diaryl/α,β-unsaturated/α-hetero) is 1. The number of nitrogens with zero attached hydrogens (tertiary/aromatic N) is 3. The molecule has 6 nitrogen and oxygen atoms in total. The minimum absolute atomic E-state index is 0.0969. The molecule has 2 aromatic carbocycles. The fourth-order valence-corrected chi connectivity index (χ4v) is 5.75. The van der Waals surface area contributed by atoms with Gasteiger partial charge in [-0.05, 0) is 72.9 Å². The quantitative estimate of drug-likeness (QED) is 0.407. The minimum atomic E-state index is -3.55. The van der Waals surface area contributed by atoms with Crippen LogP contribution in [0, 0.1) is 5.92 Å². The van der Waals surface area contributed by atoms with E-state index in [0.29, 0.717) is 42.0 Å². The number of piperidine rings is 1. The van der Waals surface area contributed by atoms with Gasteiger partial charge in [0.05, 0.1) is 11.4 Å². The Hall–Kier alpha value is -2.74. The average Bonchev–Trinajstić information content (AvgIpc) is 2.84. The van der Waals surface area contributed by atoms with Crippen LogP contribution in [0.4, 0.5) is 5.82 Å². The molecule has 0 spiro atoms. The maximum absolute atomic E-state index is 13.1. The molecule has 0 radical (unpaired) electrons. The Morgan fingerprint density at radius 1 is 1.06 bits per heavy atom. The Balaban J connectivity index is 1.50. The van der Waals surface area contributed by atoms with Crippen molar-refractivity contribution >= 4 is 33.2 Å². The van der Waals surface area contributed by atoms with E-state index >= 15 is 0 Å². The van der Waals surface area contributed by atoms with Crippen molar-refractivity contribution in [3.8, 4) is 0 Å². The zero-order valence-corrected chi connectivity index (χ0v) is 20.7. The first-order chi connectivity index (χ1) is 16.3. The summed E-state index contributed by atoms with van der Waals surface area (Å²) in [6.07, 6.45) is 3.42. The summed E-state index contributed by atoms with van der Waals surface area (Å²) >= 11 is 6.14. The van der Waals surface area contributed by atoms with Gasteiger partial charge in [-0.3, -0.25) is 4.79 Å². The van der Waals surface area contributed by atoms with Crippen LogP contribution in [0.15, 0.2) is 77.8 Å². The molecular formula is C26H28ClN3O3S. The smallest absolute Gasteiger partial charge is 0.243 e. The third kappa shape index (κ3) is 5.84. The number of carbonyl (C=O) groups excluding carboxylic acids is 1. The first kappa shape index (κ1) is 24.4. The van der Waals surface area contributed by atoms with Crippen LogP contribution in [-0.2, 0) is 16.6 Å². The van der Waals surface area contributed by atoms with E-state index in [1.54, 1.807) is 24.4 Å². The van der Waals surface area contributed by atoms with Crippen molar-refractivity contribution in [3.63, 3.8) is 0 Å². The Bertz CT molecular complexity index is 1230. The first-order valence-corrected chi connectivity index (χ1v) is 13.2. The number of sulfonamides is 1. The number of pyridine rings is 1. The topological polar surface area (TPSA) is 70.6 Å². The molecule has 178 valence electrons. The van der Waals surface area contributed by atoms with Crippen molar-refractivity contribution in [2.24, 2.45) is 5.92 Å². The zero-order valence-electron chi connectivity index (χ0n) is 19.1. The average molecular weight is 498 g/mol. The number of carbonyl (C=O) groups is 1. The zero-order chi connectivity index (χ0) is 24.1. The maximum atomic E-state index is 13.1. The number of benzene rings is 2. The van der Waals surface area contributed by atoms with E-state index in [-0.39, 0.29) is 17.2 Å². The predicted octanol–water partition coefficient (Wildman–Crippen LogP) is 5.05. The van der Waals surface area contributed by atoms with E-state index in [9.17, 15) is 13.2 Å². The molecule has 34 heavy (non-hydrogen) atoms. The number of anilines is 1. The molecule has 4 rings (SSSR count). The van der Waals surface area contributed by atoms with Gasteiger partial charge in [0.25, 0.3) is 0 Å². The lowest BCUT2D eigenvalue weighted by Gasteiger charge is -2.29. The predicted molar refractivity (Wildman–Crippen MR) is 135 cm³/mol. The van der Waals surface area contributed by atoms with Gasteiger partial charge in [-0.25, -0.2) is 13.4 Å². The Morgan fingerprint density at radius 3 is 2.44 bits per heavy atom. The molecular weight excluding hydrogens is 470 g/mol. The van der Waals surface area contributed by atoms with Crippen LogP contribution in [0.3, 0.4) is 0 Å². The lowest BCUT2D eigenvalue weighted by Crippen LogP contribution is -2.37. The molecule has 0 N–H and O–H groups in total. The third-order valence-corrected chi connectivity index (χ3v) is 8.27. The van der Waals surface area contributed by atoms with Gasteiger partial charge in [-0.1, -0.05) is 36.7 Å². The van der Waals surface area contributed by atoms with Gasteiger partial charge < -0.3 is 4.90 Å². The van der Waals surface area contributed by atoms with Crippen LogP contribution in [0.1, 0.15) is 35.7 Å². The van der Waals surface area contributed by atoms with Crippen LogP contribution in [0.5, 0.6) is 0 Å². The van der Waals surface area contributed by atoms with Gasteiger partial charge in [0.2, 0.25) is 10.0 Å². The molecule has 0 bridgehead atoms. The highest BCUT2D eigenvalue weighted by atomic mass is 35.5. The van der Waals surface area contributed by atoms with Gasteiger partial charge >= 0.3 is 0 Å². The van der Waals surface area contributed by atoms with Crippen LogP contribution in [-0.4, -0.2) is 43.1 Å². The lowest BCUT2D eigenvalue weighted by atomic mass is 10.0. The van der Waals surface area contributed by atoms with Crippen molar-refractivity contribution in [1.29, 1.82) is 0 Å². The molecule has 1 aliphatic heterocycles. The number of hydrogen-bond acceptors (Lipinski definition) is 5. The molecule has 0 aliphatic carbocycles. The molecule has 0 saturated carbocycles. The minimum Gasteiger partial charge on any atom is -0.345 e. The van der Waals surface area contributed by atoms with E-state index < -0.39 is 10.0 Å². The normalized spacial score (nSPS) is 15.2. The highest BCUT2D eigenvalue weighted by Gasteiger charge is 2.28. The highest BCUT2D eigenvalue weighted by Crippen LogP contribution is 2.24. The summed E-state index contributed by atoms with van der Waals surface area (Å²) in [7, 11) is -3.55. The summed E-state index contributed by atoms with van der Waals surface area (Å²) < 4.78 is 27.5. The first-order valence-electron chi connectivity index (χ1n) is 11.4. The second-order valence-electron chi connectivity index (χ2n) is 8.71. The Kier molecular flexibility index (Phi) is 7.66. The standard InChI is InChI=1S/C26H28ClN3O3S/c1-20-12-15-30(16-13-20)34(32,33)24-10-8-22(9-11-24)25(31)19-29(26-7-2-3-14-28-26)18-21-5-4-6-23(27)17-21/h2-11,14,17,20H,12-13,15-16,18-19H2,1H3. The van der Waals surface area contributed by atoms with Crippen LogP contribution >= 0.6 is 11.6 Å². The van der Waals surface area contributed by atoms with E-state index in [0.717, 1.165) is 18.4 Å². The molecule has 1 aliphatic rings.